The van der Waals surface area contributed by atoms with Crippen molar-refractivity contribution >= 4 is 21.8 Å². The zero-order valence-electron chi connectivity index (χ0n) is 16.1. The molecule has 1 N–H and O–H groups in total. The molecule has 1 spiro atoms. The van der Waals surface area contributed by atoms with E-state index in [-0.39, 0.29) is 5.91 Å². The standard InChI is InChI=1S/C21H24N4O3S/c26-20-21(17-8-2-3-9-18(17)23-20)10-14-25(19(21)16-7-6-11-22-15-16)29(27,28)24-12-4-1-5-13-24/h2-3,6-9,11,15,19H,1,4-5,10,12-14H2,(H,23,26). The molecule has 1 aromatic carbocycles. The molecular formula is C21H24N4O3S. The first kappa shape index (κ1) is 18.7. The summed E-state index contributed by atoms with van der Waals surface area (Å²) in [4.78, 5) is 17.5. The molecule has 152 valence electrons. The van der Waals surface area contributed by atoms with E-state index in [4.69, 9.17) is 0 Å². The van der Waals surface area contributed by atoms with E-state index in [1.165, 1.54) is 4.31 Å². The summed E-state index contributed by atoms with van der Waals surface area (Å²) in [5.74, 6) is -0.135. The summed E-state index contributed by atoms with van der Waals surface area (Å²) in [6.45, 7) is 1.38. The maximum absolute atomic E-state index is 13.6. The number of pyridine rings is 1. The first-order valence-electron chi connectivity index (χ1n) is 10.1. The van der Waals surface area contributed by atoms with Crippen LogP contribution < -0.4 is 5.32 Å². The molecule has 3 aliphatic heterocycles. The molecule has 1 aromatic heterocycles. The largest absolute Gasteiger partial charge is 0.325 e. The van der Waals surface area contributed by atoms with Gasteiger partial charge in [0.05, 0.1) is 11.5 Å². The minimum Gasteiger partial charge on any atom is -0.325 e. The second-order valence-electron chi connectivity index (χ2n) is 7.99. The van der Waals surface area contributed by atoms with E-state index >= 15 is 0 Å². The van der Waals surface area contributed by atoms with Gasteiger partial charge in [-0.05, 0) is 42.5 Å². The van der Waals surface area contributed by atoms with Crippen LogP contribution in [0.5, 0.6) is 0 Å². The van der Waals surface area contributed by atoms with Gasteiger partial charge in [-0.2, -0.15) is 17.0 Å². The van der Waals surface area contributed by atoms with Gasteiger partial charge in [0, 0.05) is 37.7 Å². The van der Waals surface area contributed by atoms with Gasteiger partial charge in [0.25, 0.3) is 10.2 Å². The van der Waals surface area contributed by atoms with Crippen molar-refractivity contribution in [2.75, 3.05) is 25.0 Å². The number of fused-ring (bicyclic) bond motifs is 2. The number of piperidine rings is 1. The van der Waals surface area contributed by atoms with E-state index in [0.717, 1.165) is 36.1 Å². The number of hydrogen-bond acceptors (Lipinski definition) is 4. The van der Waals surface area contributed by atoms with Crippen molar-refractivity contribution in [3.8, 4) is 0 Å². The Balaban J connectivity index is 1.66. The maximum atomic E-state index is 13.6. The van der Waals surface area contributed by atoms with E-state index in [9.17, 15) is 13.2 Å². The molecule has 4 heterocycles. The Hall–Kier alpha value is -2.29. The quantitative estimate of drug-likeness (QED) is 0.840. The van der Waals surface area contributed by atoms with Crippen molar-refractivity contribution in [1.82, 2.24) is 13.6 Å². The van der Waals surface area contributed by atoms with Gasteiger partial charge >= 0.3 is 0 Å². The number of benzene rings is 1. The molecule has 2 fully saturated rings. The summed E-state index contributed by atoms with van der Waals surface area (Å²) in [5, 5.41) is 2.99. The second-order valence-corrected chi connectivity index (χ2v) is 9.87. The number of aromatic nitrogens is 1. The number of para-hydroxylation sites is 1. The molecule has 1 amide bonds. The van der Waals surface area contributed by atoms with Crippen LogP contribution in [0.1, 0.15) is 42.9 Å². The zero-order chi connectivity index (χ0) is 20.1. The summed E-state index contributed by atoms with van der Waals surface area (Å²) in [6, 6.07) is 10.7. The Morgan fingerprint density at radius 3 is 2.59 bits per heavy atom. The van der Waals surface area contributed by atoms with Crippen LogP contribution in [-0.4, -0.2) is 47.6 Å². The highest BCUT2D eigenvalue weighted by molar-refractivity contribution is 7.86. The third kappa shape index (κ3) is 2.73. The minimum absolute atomic E-state index is 0.135. The Kier molecular flexibility index (Phi) is 4.45. The Labute approximate surface area is 170 Å². The average molecular weight is 413 g/mol. The van der Waals surface area contributed by atoms with Crippen molar-refractivity contribution in [3.63, 3.8) is 0 Å². The van der Waals surface area contributed by atoms with Crippen molar-refractivity contribution in [1.29, 1.82) is 0 Å². The number of rotatable bonds is 3. The lowest BCUT2D eigenvalue weighted by atomic mass is 9.73. The molecule has 0 radical (unpaired) electrons. The molecule has 7 nitrogen and oxygen atoms in total. The smallest absolute Gasteiger partial charge is 0.282 e. The van der Waals surface area contributed by atoms with E-state index in [1.807, 2.05) is 30.3 Å². The normalized spacial score (nSPS) is 27.9. The summed E-state index contributed by atoms with van der Waals surface area (Å²) in [6.07, 6.45) is 6.60. The van der Waals surface area contributed by atoms with Crippen molar-refractivity contribution in [2.24, 2.45) is 0 Å². The third-order valence-corrected chi connectivity index (χ3v) is 8.48. The number of amides is 1. The van der Waals surface area contributed by atoms with Gasteiger partial charge in [0.1, 0.15) is 0 Å². The highest BCUT2D eigenvalue weighted by atomic mass is 32.2. The van der Waals surface area contributed by atoms with Crippen molar-refractivity contribution in [2.45, 2.75) is 37.1 Å². The van der Waals surface area contributed by atoms with Gasteiger partial charge in [-0.1, -0.05) is 30.7 Å². The number of carbonyl (C=O) groups excluding carboxylic acids is 1. The number of nitrogens with one attached hydrogen (secondary N) is 1. The summed E-state index contributed by atoms with van der Waals surface area (Å²) in [7, 11) is -3.69. The van der Waals surface area contributed by atoms with Crippen LogP contribution in [0, 0.1) is 0 Å². The van der Waals surface area contributed by atoms with Gasteiger partial charge < -0.3 is 5.32 Å². The summed E-state index contributed by atoms with van der Waals surface area (Å²) >= 11 is 0. The predicted octanol–water partition coefficient (Wildman–Crippen LogP) is 2.45. The van der Waals surface area contributed by atoms with E-state index in [1.54, 1.807) is 22.8 Å². The van der Waals surface area contributed by atoms with Crippen LogP contribution in [0.4, 0.5) is 5.69 Å². The van der Waals surface area contributed by atoms with Crippen molar-refractivity contribution in [3.05, 3.63) is 59.9 Å². The first-order chi connectivity index (χ1) is 14.0. The monoisotopic (exact) mass is 412 g/mol. The Bertz CT molecular complexity index is 1040. The van der Waals surface area contributed by atoms with Gasteiger partial charge in [-0.25, -0.2) is 0 Å². The highest BCUT2D eigenvalue weighted by Crippen LogP contribution is 2.55. The summed E-state index contributed by atoms with van der Waals surface area (Å²) < 4.78 is 30.4. The van der Waals surface area contributed by atoms with Crippen LogP contribution in [-0.2, 0) is 20.4 Å². The number of nitrogens with zero attached hydrogens (tertiary/aromatic N) is 3. The fourth-order valence-corrected chi connectivity index (χ4v) is 7.04. The lowest BCUT2D eigenvalue weighted by Crippen LogP contribution is -2.48. The fraction of sp³-hybridized carbons (Fsp3) is 0.429. The van der Waals surface area contributed by atoms with Gasteiger partial charge in [-0.3, -0.25) is 9.78 Å². The minimum atomic E-state index is -3.69. The predicted molar refractivity (Wildman–Crippen MR) is 109 cm³/mol. The van der Waals surface area contributed by atoms with Gasteiger partial charge in [-0.15, -0.1) is 0 Å². The number of anilines is 1. The number of carbonyl (C=O) groups is 1. The van der Waals surface area contributed by atoms with Gasteiger partial charge in [0.2, 0.25) is 5.91 Å². The van der Waals surface area contributed by atoms with E-state index in [2.05, 4.69) is 10.3 Å². The van der Waals surface area contributed by atoms with Crippen LogP contribution >= 0.6 is 0 Å². The lowest BCUT2D eigenvalue weighted by molar-refractivity contribution is -0.121. The molecule has 29 heavy (non-hydrogen) atoms. The van der Waals surface area contributed by atoms with Crippen molar-refractivity contribution < 1.29 is 13.2 Å². The fourth-order valence-electron chi connectivity index (χ4n) is 5.14. The zero-order valence-corrected chi connectivity index (χ0v) is 16.9. The molecule has 0 aliphatic carbocycles. The maximum Gasteiger partial charge on any atom is 0.282 e. The average Bonchev–Trinajstić information content (AvgIpc) is 3.30. The molecule has 5 rings (SSSR count). The molecule has 2 atom stereocenters. The molecular weight excluding hydrogens is 388 g/mol. The third-order valence-electron chi connectivity index (χ3n) is 6.48. The van der Waals surface area contributed by atoms with Gasteiger partial charge in [0.15, 0.2) is 0 Å². The highest BCUT2D eigenvalue weighted by Gasteiger charge is 2.61. The molecule has 0 saturated carbocycles. The number of hydrogen-bond donors (Lipinski definition) is 1. The SMILES string of the molecule is O=C1Nc2ccccc2C12CCN(S(=O)(=O)N1CCCCC1)C2c1cccnc1. The molecule has 2 unspecified atom stereocenters. The first-order valence-corrected chi connectivity index (χ1v) is 11.5. The molecule has 3 aliphatic rings. The molecule has 2 saturated heterocycles. The molecule has 0 bridgehead atoms. The van der Waals surface area contributed by atoms with Crippen LogP contribution in [0.25, 0.3) is 0 Å². The molecule has 8 heteroatoms. The van der Waals surface area contributed by atoms with E-state index in [0.29, 0.717) is 26.1 Å². The van der Waals surface area contributed by atoms with Crippen LogP contribution in [0.2, 0.25) is 0 Å². The second kappa shape index (κ2) is 6.90. The lowest BCUT2D eigenvalue weighted by Gasteiger charge is -2.37. The Morgan fingerprint density at radius 2 is 1.83 bits per heavy atom. The van der Waals surface area contributed by atoms with E-state index < -0.39 is 21.7 Å². The Morgan fingerprint density at radius 1 is 1.03 bits per heavy atom. The van der Waals surface area contributed by atoms with Crippen LogP contribution in [0.3, 0.4) is 0 Å². The van der Waals surface area contributed by atoms with Crippen LogP contribution in [0.15, 0.2) is 48.8 Å². The summed E-state index contributed by atoms with van der Waals surface area (Å²) in [5.41, 5.74) is 1.44. The molecule has 2 aromatic rings. The topological polar surface area (TPSA) is 82.6 Å².